The highest BCUT2D eigenvalue weighted by Crippen LogP contribution is 2.39. The molecule has 3 aromatic rings. The van der Waals surface area contributed by atoms with Gasteiger partial charge < -0.3 is 9.80 Å². The number of nitriles is 1. The molecule has 2 amide bonds. The van der Waals surface area contributed by atoms with Gasteiger partial charge in [-0.2, -0.15) is 31.6 Å². The van der Waals surface area contributed by atoms with Crippen LogP contribution in [0.4, 0.5) is 47.0 Å². The van der Waals surface area contributed by atoms with Gasteiger partial charge >= 0.3 is 18.4 Å². The molecule has 0 unspecified atom stereocenters. The molecule has 0 aliphatic carbocycles. The second-order valence-electron chi connectivity index (χ2n) is 9.36. The van der Waals surface area contributed by atoms with E-state index in [1.54, 1.807) is 24.3 Å². The molecule has 1 aliphatic heterocycles. The molecule has 210 valence electrons. The number of amides is 2. The number of anilines is 2. The molecule has 13 heteroatoms. The number of hydrogen-bond donors (Lipinski definition) is 0. The van der Waals surface area contributed by atoms with E-state index in [-0.39, 0.29) is 12.6 Å². The van der Waals surface area contributed by atoms with E-state index in [9.17, 15) is 35.5 Å². The van der Waals surface area contributed by atoms with Gasteiger partial charge in [-0.1, -0.05) is 12.1 Å². The molecule has 2 atom stereocenters. The van der Waals surface area contributed by atoms with Crippen LogP contribution in [-0.4, -0.2) is 49.1 Å². The van der Waals surface area contributed by atoms with Crippen LogP contribution in [0, 0.1) is 17.1 Å². The Hall–Kier alpha value is -4.34. The molecular formula is C27H22F7N5O. The maximum atomic E-state index is 13.6. The van der Waals surface area contributed by atoms with Crippen molar-refractivity contribution in [1.82, 2.24) is 9.88 Å². The SMILES string of the molecule is CN(C(=O)N(C)[C@@H]1CN(c2ccc(C#N)cn2)C[C@H]1c1ccc(F)cc1)c1cc(C(F)(F)F)cc(C(F)(F)F)c1. The molecule has 0 N–H and O–H groups in total. The predicted octanol–water partition coefficient (Wildman–Crippen LogP) is 6.29. The molecule has 6 nitrogen and oxygen atoms in total. The number of carbonyl (C=O) groups excluding carboxylic acids is 1. The highest BCUT2D eigenvalue weighted by Gasteiger charge is 2.41. The first-order chi connectivity index (χ1) is 18.7. The summed E-state index contributed by atoms with van der Waals surface area (Å²) >= 11 is 0. The lowest BCUT2D eigenvalue weighted by Gasteiger charge is -2.33. The zero-order valence-corrected chi connectivity index (χ0v) is 21.1. The third-order valence-corrected chi connectivity index (χ3v) is 6.83. The average molecular weight is 565 g/mol. The summed E-state index contributed by atoms with van der Waals surface area (Å²) < 4.78 is 93.9. The van der Waals surface area contributed by atoms with Crippen LogP contribution in [0.3, 0.4) is 0 Å². The molecule has 4 rings (SSSR count). The fourth-order valence-corrected chi connectivity index (χ4v) is 4.66. The van der Waals surface area contributed by atoms with Crippen molar-refractivity contribution in [3.63, 3.8) is 0 Å². The normalized spacial score (nSPS) is 17.4. The van der Waals surface area contributed by atoms with Crippen molar-refractivity contribution in [2.24, 2.45) is 0 Å². The molecule has 1 fully saturated rings. The first-order valence-electron chi connectivity index (χ1n) is 11.9. The van der Waals surface area contributed by atoms with Crippen LogP contribution in [0.5, 0.6) is 0 Å². The van der Waals surface area contributed by atoms with Crippen LogP contribution in [-0.2, 0) is 12.4 Å². The van der Waals surface area contributed by atoms with E-state index in [0.29, 0.717) is 35.6 Å². The molecule has 2 heterocycles. The van der Waals surface area contributed by atoms with E-state index in [1.807, 2.05) is 11.0 Å². The van der Waals surface area contributed by atoms with Gasteiger partial charge in [0.05, 0.1) is 22.7 Å². The Morgan fingerprint density at radius 2 is 1.55 bits per heavy atom. The van der Waals surface area contributed by atoms with Gasteiger partial charge in [0.15, 0.2) is 0 Å². The van der Waals surface area contributed by atoms with Crippen LogP contribution in [0.1, 0.15) is 28.2 Å². The standard InChI is InChI=1S/C27H22F7N5O/c1-37(21-10-18(26(29,30)31)9-19(11-21)27(32,33)34)25(40)38(2)23-15-39(24-8-3-16(12-35)13-36-24)14-22(23)17-4-6-20(28)7-5-17/h3-11,13,22-23H,14-15H2,1-2H3/t22-,23+/m0/s1. The van der Waals surface area contributed by atoms with Gasteiger partial charge in [0.25, 0.3) is 0 Å². The van der Waals surface area contributed by atoms with Crippen LogP contribution in [0.2, 0.25) is 0 Å². The number of carbonyl (C=O) groups is 1. The fourth-order valence-electron chi connectivity index (χ4n) is 4.66. The molecule has 2 aromatic carbocycles. The molecule has 1 saturated heterocycles. The highest BCUT2D eigenvalue weighted by atomic mass is 19.4. The highest BCUT2D eigenvalue weighted by molar-refractivity contribution is 5.92. The summed E-state index contributed by atoms with van der Waals surface area (Å²) in [6.07, 6.45) is -8.76. The largest absolute Gasteiger partial charge is 0.416 e. The van der Waals surface area contributed by atoms with E-state index in [4.69, 9.17) is 5.26 Å². The van der Waals surface area contributed by atoms with Gasteiger partial charge in [-0.25, -0.2) is 14.2 Å². The maximum Gasteiger partial charge on any atom is 0.416 e. The van der Waals surface area contributed by atoms with Crippen molar-refractivity contribution in [3.8, 4) is 6.07 Å². The lowest BCUT2D eigenvalue weighted by Crippen LogP contribution is -2.47. The summed E-state index contributed by atoms with van der Waals surface area (Å²) in [6, 6.07) is 10.3. The Labute approximate surface area is 224 Å². The third kappa shape index (κ3) is 5.95. The first-order valence-corrected chi connectivity index (χ1v) is 11.9. The van der Waals surface area contributed by atoms with E-state index >= 15 is 0 Å². The van der Waals surface area contributed by atoms with E-state index in [0.717, 1.165) is 11.9 Å². The topological polar surface area (TPSA) is 63.5 Å². The van der Waals surface area contributed by atoms with Crippen LogP contribution in [0.15, 0.2) is 60.8 Å². The predicted molar refractivity (Wildman–Crippen MR) is 132 cm³/mol. The van der Waals surface area contributed by atoms with Crippen molar-refractivity contribution >= 4 is 17.5 Å². The number of urea groups is 1. The minimum Gasteiger partial charge on any atom is -0.354 e. The van der Waals surface area contributed by atoms with Gasteiger partial charge in [-0.05, 0) is 48.0 Å². The zero-order valence-electron chi connectivity index (χ0n) is 21.1. The Kier molecular flexibility index (Phi) is 7.65. The second-order valence-corrected chi connectivity index (χ2v) is 9.36. The van der Waals surface area contributed by atoms with Crippen LogP contribution < -0.4 is 9.80 Å². The summed E-state index contributed by atoms with van der Waals surface area (Å²) in [5.41, 5.74) is -2.66. The lowest BCUT2D eigenvalue weighted by molar-refractivity contribution is -0.143. The summed E-state index contributed by atoms with van der Waals surface area (Å²) in [4.78, 5) is 21.5. The number of pyridine rings is 1. The van der Waals surface area contributed by atoms with E-state index in [1.165, 1.54) is 30.3 Å². The summed E-state index contributed by atoms with van der Waals surface area (Å²) in [5.74, 6) is -0.388. The van der Waals surface area contributed by atoms with Crippen molar-refractivity contribution in [1.29, 1.82) is 5.26 Å². The van der Waals surface area contributed by atoms with Gasteiger partial charge in [0.1, 0.15) is 17.7 Å². The molecule has 40 heavy (non-hydrogen) atoms. The van der Waals surface area contributed by atoms with Gasteiger partial charge in [0, 0.05) is 45.0 Å². The number of benzene rings is 2. The molecule has 1 aliphatic rings. The average Bonchev–Trinajstić information content (AvgIpc) is 3.36. The fraction of sp³-hybridized carbons (Fsp3) is 0.296. The maximum absolute atomic E-state index is 13.6. The number of likely N-dealkylation sites (N-methyl/N-ethyl adjacent to an activating group) is 1. The molecular weight excluding hydrogens is 543 g/mol. The number of aromatic nitrogens is 1. The number of nitrogens with zero attached hydrogens (tertiary/aromatic N) is 5. The molecule has 1 aromatic heterocycles. The van der Waals surface area contributed by atoms with Crippen molar-refractivity contribution in [3.05, 3.63) is 88.9 Å². The zero-order chi connectivity index (χ0) is 29.4. The molecule has 0 radical (unpaired) electrons. The Bertz CT molecular complexity index is 1380. The smallest absolute Gasteiger partial charge is 0.354 e. The number of halogens is 7. The first kappa shape index (κ1) is 28.7. The number of rotatable bonds is 4. The molecule has 0 bridgehead atoms. The van der Waals surface area contributed by atoms with Gasteiger partial charge in [-0.3, -0.25) is 4.90 Å². The quantitative estimate of drug-likeness (QED) is 0.349. The van der Waals surface area contributed by atoms with Gasteiger partial charge in [-0.15, -0.1) is 0 Å². The summed E-state index contributed by atoms with van der Waals surface area (Å²) in [7, 11) is 2.49. The van der Waals surface area contributed by atoms with Crippen LogP contribution in [0.25, 0.3) is 0 Å². The summed E-state index contributed by atoms with van der Waals surface area (Å²) in [6.45, 7) is 0.520. The minimum absolute atomic E-state index is 0.00444. The Morgan fingerprint density at radius 1 is 0.950 bits per heavy atom. The lowest BCUT2D eigenvalue weighted by atomic mass is 9.93. The van der Waals surface area contributed by atoms with Crippen molar-refractivity contribution in [2.75, 3.05) is 37.0 Å². The van der Waals surface area contributed by atoms with E-state index in [2.05, 4.69) is 4.98 Å². The van der Waals surface area contributed by atoms with Crippen molar-refractivity contribution in [2.45, 2.75) is 24.3 Å². The van der Waals surface area contributed by atoms with E-state index < -0.39 is 53.0 Å². The number of alkyl halides is 6. The molecule has 0 saturated carbocycles. The van der Waals surface area contributed by atoms with Gasteiger partial charge in [0.2, 0.25) is 0 Å². The number of hydrogen-bond acceptors (Lipinski definition) is 4. The summed E-state index contributed by atoms with van der Waals surface area (Å²) in [5, 5.41) is 9.04. The molecule has 0 spiro atoms. The van der Waals surface area contributed by atoms with Crippen LogP contribution >= 0.6 is 0 Å². The second kappa shape index (κ2) is 10.7. The third-order valence-electron chi connectivity index (χ3n) is 6.83. The monoisotopic (exact) mass is 565 g/mol. The Morgan fingerprint density at radius 3 is 2.05 bits per heavy atom. The minimum atomic E-state index is -5.07. The van der Waals surface area contributed by atoms with Crippen molar-refractivity contribution < 1.29 is 35.5 Å². The Balaban J connectivity index is 1.67.